The van der Waals surface area contributed by atoms with Crippen LogP contribution in [0.25, 0.3) is 10.9 Å². The number of anilines is 1. The molecule has 0 saturated heterocycles. The Balaban J connectivity index is 1.75. The van der Waals surface area contributed by atoms with E-state index in [2.05, 4.69) is 23.7 Å². The number of hydrogen-bond donors (Lipinski definition) is 2. The molecule has 0 aliphatic rings. The van der Waals surface area contributed by atoms with Gasteiger partial charge in [0.05, 0.1) is 34.4 Å². The van der Waals surface area contributed by atoms with Gasteiger partial charge in [0.15, 0.2) is 5.88 Å². The Morgan fingerprint density at radius 2 is 1.65 bits per heavy atom. The van der Waals surface area contributed by atoms with Crippen LogP contribution in [0.4, 0.5) is 11.4 Å². The molecule has 1 heterocycles. The fraction of sp³-hybridized carbons (Fsp3) is 0.250. The van der Waals surface area contributed by atoms with Crippen LogP contribution in [0.3, 0.4) is 0 Å². The molecule has 4 aromatic rings. The van der Waals surface area contributed by atoms with Crippen molar-refractivity contribution in [2.75, 3.05) is 36.7 Å². The average molecular weight is 539 g/mol. The minimum atomic E-state index is -3.46. The number of aliphatic imine (C=N–C) groups is 1. The molecule has 0 spiro atoms. The number of fused-ring (bicyclic) bond motifs is 1. The molecule has 0 atom stereocenters. The van der Waals surface area contributed by atoms with E-state index in [-0.39, 0.29) is 5.88 Å². The Morgan fingerprint density at radius 1 is 0.973 bits per heavy atom. The zero-order valence-electron chi connectivity index (χ0n) is 21.1. The minimum absolute atomic E-state index is 0.00357. The van der Waals surface area contributed by atoms with E-state index in [0.717, 1.165) is 24.0 Å². The van der Waals surface area contributed by atoms with Gasteiger partial charge in [0.2, 0.25) is 10.0 Å². The first kappa shape index (κ1) is 26.7. The van der Waals surface area contributed by atoms with Gasteiger partial charge in [-0.2, -0.15) is 0 Å². The maximum Gasteiger partial charge on any atom is 0.232 e. The van der Waals surface area contributed by atoms with E-state index in [1.807, 2.05) is 36.4 Å². The van der Waals surface area contributed by atoms with Crippen LogP contribution in [0, 0.1) is 0 Å². The van der Waals surface area contributed by atoms with E-state index in [1.165, 1.54) is 10.6 Å². The van der Waals surface area contributed by atoms with Gasteiger partial charge in [-0.1, -0.05) is 61.8 Å². The number of aromatic hydroxyl groups is 1. The molecule has 37 heavy (non-hydrogen) atoms. The molecular formula is C28H31ClN4O3S. The number of hydrogen-bond acceptors (Lipinski definition) is 5. The number of H-pyrrole nitrogens is 1. The van der Waals surface area contributed by atoms with Crippen LogP contribution in [-0.4, -0.2) is 61.6 Å². The van der Waals surface area contributed by atoms with E-state index in [4.69, 9.17) is 16.6 Å². The molecule has 0 unspecified atom stereocenters. The van der Waals surface area contributed by atoms with Gasteiger partial charge in [-0.25, -0.2) is 13.4 Å². The maximum atomic E-state index is 12.5. The number of sulfonamides is 1. The second-order valence-corrected chi connectivity index (χ2v) is 11.1. The van der Waals surface area contributed by atoms with Crippen molar-refractivity contribution in [2.24, 2.45) is 4.99 Å². The Bertz CT molecular complexity index is 1500. The van der Waals surface area contributed by atoms with Crippen LogP contribution in [0.15, 0.2) is 77.8 Å². The van der Waals surface area contributed by atoms with Gasteiger partial charge in [-0.15, -0.1) is 0 Å². The molecular weight excluding hydrogens is 508 g/mol. The molecule has 0 bridgehead atoms. The summed E-state index contributed by atoms with van der Waals surface area (Å²) in [4.78, 5) is 10.1. The first-order valence-electron chi connectivity index (χ1n) is 12.2. The van der Waals surface area contributed by atoms with Gasteiger partial charge in [0.1, 0.15) is 0 Å². The summed E-state index contributed by atoms with van der Waals surface area (Å²) in [7, 11) is -3.46. The number of nitrogens with zero attached hydrogens (tertiary/aromatic N) is 3. The van der Waals surface area contributed by atoms with Gasteiger partial charge < -0.3 is 15.0 Å². The van der Waals surface area contributed by atoms with E-state index in [0.29, 0.717) is 46.3 Å². The summed E-state index contributed by atoms with van der Waals surface area (Å²) in [6, 6.07) is 22.1. The molecule has 9 heteroatoms. The third kappa shape index (κ3) is 6.15. The topological polar surface area (TPSA) is 89.0 Å². The number of aromatic nitrogens is 1. The molecule has 0 fully saturated rings. The molecule has 4 rings (SSSR count). The monoisotopic (exact) mass is 538 g/mol. The van der Waals surface area contributed by atoms with Crippen molar-refractivity contribution in [3.8, 4) is 5.88 Å². The number of nitrogens with one attached hydrogen (secondary N) is 1. The molecule has 0 amide bonds. The normalized spacial score (nSPS) is 12.4. The second kappa shape index (κ2) is 11.4. The van der Waals surface area contributed by atoms with Crippen molar-refractivity contribution in [1.82, 2.24) is 9.88 Å². The summed E-state index contributed by atoms with van der Waals surface area (Å²) < 4.78 is 26.5. The van der Waals surface area contributed by atoms with Crippen molar-refractivity contribution < 1.29 is 13.5 Å². The van der Waals surface area contributed by atoms with E-state index in [1.54, 1.807) is 36.4 Å². The van der Waals surface area contributed by atoms with Gasteiger partial charge in [-0.05, 0) is 49.5 Å². The van der Waals surface area contributed by atoms with E-state index >= 15 is 0 Å². The predicted molar refractivity (Wildman–Crippen MR) is 153 cm³/mol. The lowest BCUT2D eigenvalue weighted by Crippen LogP contribution is -2.38. The average Bonchev–Trinajstić information content (AvgIpc) is 3.20. The van der Waals surface area contributed by atoms with Crippen molar-refractivity contribution in [1.29, 1.82) is 0 Å². The quantitative estimate of drug-likeness (QED) is 0.250. The number of aromatic amines is 1. The Hall–Kier alpha value is -3.33. The standard InChI is InChI=1S/C28H31ClN4O3S/c1-4-32(5-2)17-18-33(37(3,35)36)23-14-12-22(13-15-23)30-27(20-9-7-6-8-10-20)26-24-16-11-21(29)19-25(24)31-28(26)34/h6-16,19,31,34H,4-5,17-18H2,1-3H3. The van der Waals surface area contributed by atoms with Crippen molar-refractivity contribution >= 4 is 49.6 Å². The molecule has 0 radical (unpaired) electrons. The lowest BCUT2D eigenvalue weighted by molar-refractivity contribution is 0.313. The Labute approximate surface area is 223 Å². The highest BCUT2D eigenvalue weighted by Gasteiger charge is 2.20. The first-order chi connectivity index (χ1) is 17.7. The first-order valence-corrected chi connectivity index (χ1v) is 14.4. The van der Waals surface area contributed by atoms with Gasteiger partial charge in [-0.3, -0.25) is 4.31 Å². The van der Waals surface area contributed by atoms with E-state index in [9.17, 15) is 13.5 Å². The van der Waals surface area contributed by atoms with Gasteiger partial charge in [0, 0.05) is 29.1 Å². The zero-order valence-corrected chi connectivity index (χ0v) is 22.7. The fourth-order valence-electron chi connectivity index (χ4n) is 4.34. The number of likely N-dealkylation sites (N-methyl/N-ethyl adjacent to an activating group) is 1. The van der Waals surface area contributed by atoms with Gasteiger partial charge in [0.25, 0.3) is 0 Å². The summed E-state index contributed by atoms with van der Waals surface area (Å²) >= 11 is 6.15. The lowest BCUT2D eigenvalue weighted by atomic mass is 10.0. The molecule has 0 saturated carbocycles. The molecule has 0 aliphatic heterocycles. The smallest absolute Gasteiger partial charge is 0.232 e. The number of halogens is 1. The summed E-state index contributed by atoms with van der Waals surface area (Å²) in [6.07, 6.45) is 1.22. The third-order valence-corrected chi connectivity index (χ3v) is 7.75. The van der Waals surface area contributed by atoms with Gasteiger partial charge >= 0.3 is 0 Å². The lowest BCUT2D eigenvalue weighted by Gasteiger charge is -2.26. The molecule has 0 aliphatic carbocycles. The van der Waals surface area contributed by atoms with Crippen LogP contribution in [-0.2, 0) is 10.0 Å². The van der Waals surface area contributed by atoms with Crippen molar-refractivity contribution in [2.45, 2.75) is 13.8 Å². The zero-order chi connectivity index (χ0) is 26.6. The summed E-state index contributed by atoms with van der Waals surface area (Å²) in [6.45, 7) is 6.84. The molecule has 194 valence electrons. The van der Waals surface area contributed by atoms with Crippen LogP contribution in [0.2, 0.25) is 5.02 Å². The third-order valence-electron chi connectivity index (χ3n) is 6.32. The second-order valence-electron chi connectivity index (χ2n) is 8.74. The van der Waals surface area contributed by atoms with Crippen LogP contribution >= 0.6 is 11.6 Å². The Morgan fingerprint density at radius 3 is 2.27 bits per heavy atom. The predicted octanol–water partition coefficient (Wildman–Crippen LogP) is 5.80. The minimum Gasteiger partial charge on any atom is -0.494 e. The number of benzene rings is 3. The van der Waals surface area contributed by atoms with Crippen LogP contribution in [0.5, 0.6) is 5.88 Å². The molecule has 7 nitrogen and oxygen atoms in total. The van der Waals surface area contributed by atoms with Crippen LogP contribution < -0.4 is 4.31 Å². The van der Waals surface area contributed by atoms with Crippen molar-refractivity contribution in [3.63, 3.8) is 0 Å². The van der Waals surface area contributed by atoms with Crippen LogP contribution in [0.1, 0.15) is 25.0 Å². The van der Waals surface area contributed by atoms with E-state index < -0.39 is 10.0 Å². The fourth-order valence-corrected chi connectivity index (χ4v) is 5.43. The highest BCUT2D eigenvalue weighted by Crippen LogP contribution is 2.33. The highest BCUT2D eigenvalue weighted by atomic mass is 35.5. The highest BCUT2D eigenvalue weighted by molar-refractivity contribution is 7.92. The maximum absolute atomic E-state index is 12.5. The van der Waals surface area contributed by atoms with Crippen molar-refractivity contribution in [3.05, 3.63) is 88.9 Å². The Kier molecular flexibility index (Phi) is 8.22. The molecule has 3 aromatic carbocycles. The summed E-state index contributed by atoms with van der Waals surface area (Å²) in [5, 5.41) is 12.2. The largest absolute Gasteiger partial charge is 0.494 e. The molecule has 2 N–H and O–H groups in total. The SMILES string of the molecule is CCN(CC)CCN(c1ccc(N=C(c2ccccc2)c2c(O)[nH]c3cc(Cl)ccc23)cc1)S(C)(=O)=O. The number of rotatable bonds is 10. The summed E-state index contributed by atoms with van der Waals surface area (Å²) in [5.74, 6) is -0.00357. The molecule has 1 aromatic heterocycles. The summed E-state index contributed by atoms with van der Waals surface area (Å²) in [5.41, 5.74) is 3.90.